The van der Waals surface area contributed by atoms with Crippen LogP contribution in [0.15, 0.2) is 42.5 Å². The van der Waals surface area contributed by atoms with E-state index in [1.807, 2.05) is 0 Å². The molecular formula is C15H8Cl2FN3OS. The normalized spacial score (nSPS) is 10.6. The van der Waals surface area contributed by atoms with Gasteiger partial charge in [0.25, 0.3) is 5.91 Å². The van der Waals surface area contributed by atoms with Crippen molar-refractivity contribution in [3.63, 3.8) is 0 Å². The van der Waals surface area contributed by atoms with Gasteiger partial charge >= 0.3 is 0 Å². The second-order valence-electron chi connectivity index (χ2n) is 4.51. The van der Waals surface area contributed by atoms with Crippen molar-refractivity contribution in [1.82, 2.24) is 9.36 Å². The molecule has 3 aromatic rings. The highest BCUT2D eigenvalue weighted by Gasteiger charge is 2.14. The van der Waals surface area contributed by atoms with Crippen molar-refractivity contribution in [2.24, 2.45) is 0 Å². The Morgan fingerprint density at radius 1 is 1.13 bits per heavy atom. The molecule has 3 rings (SSSR count). The number of rotatable bonds is 3. The summed E-state index contributed by atoms with van der Waals surface area (Å²) < 4.78 is 17.1. The molecule has 116 valence electrons. The van der Waals surface area contributed by atoms with Gasteiger partial charge in [0.15, 0.2) is 5.82 Å². The van der Waals surface area contributed by atoms with Gasteiger partial charge in [-0.05, 0) is 42.5 Å². The summed E-state index contributed by atoms with van der Waals surface area (Å²) in [5.41, 5.74) is 0.904. The van der Waals surface area contributed by atoms with Crippen LogP contribution in [0.25, 0.3) is 11.4 Å². The third kappa shape index (κ3) is 3.67. The van der Waals surface area contributed by atoms with Crippen molar-refractivity contribution < 1.29 is 9.18 Å². The Balaban J connectivity index is 1.80. The van der Waals surface area contributed by atoms with Crippen LogP contribution in [-0.4, -0.2) is 15.3 Å². The highest BCUT2D eigenvalue weighted by atomic mass is 35.5. The van der Waals surface area contributed by atoms with Crippen LogP contribution in [0, 0.1) is 5.82 Å². The van der Waals surface area contributed by atoms with E-state index in [1.54, 1.807) is 24.3 Å². The summed E-state index contributed by atoms with van der Waals surface area (Å²) >= 11 is 12.9. The number of amides is 1. The average Bonchev–Trinajstić information content (AvgIpc) is 2.99. The Morgan fingerprint density at radius 3 is 2.61 bits per heavy atom. The number of halogens is 3. The van der Waals surface area contributed by atoms with E-state index in [4.69, 9.17) is 23.2 Å². The molecule has 0 aliphatic carbocycles. The van der Waals surface area contributed by atoms with E-state index in [9.17, 15) is 9.18 Å². The van der Waals surface area contributed by atoms with Crippen molar-refractivity contribution in [2.75, 3.05) is 5.32 Å². The lowest BCUT2D eigenvalue weighted by molar-refractivity contribution is 0.102. The van der Waals surface area contributed by atoms with Crippen LogP contribution in [0.3, 0.4) is 0 Å². The van der Waals surface area contributed by atoms with E-state index in [0.717, 1.165) is 11.5 Å². The highest BCUT2D eigenvalue weighted by Crippen LogP contribution is 2.24. The second-order valence-corrected chi connectivity index (χ2v) is 6.10. The zero-order valence-electron chi connectivity index (χ0n) is 11.4. The molecule has 0 aliphatic heterocycles. The molecule has 0 atom stereocenters. The molecule has 1 N–H and O–H groups in total. The lowest BCUT2D eigenvalue weighted by atomic mass is 10.2. The number of carbonyl (C=O) groups is 1. The van der Waals surface area contributed by atoms with Crippen molar-refractivity contribution in [3.05, 3.63) is 63.9 Å². The molecular weight excluding hydrogens is 360 g/mol. The van der Waals surface area contributed by atoms with Crippen molar-refractivity contribution in [2.45, 2.75) is 0 Å². The van der Waals surface area contributed by atoms with E-state index in [-0.39, 0.29) is 16.4 Å². The second kappa shape index (κ2) is 6.62. The van der Waals surface area contributed by atoms with Gasteiger partial charge in [0.1, 0.15) is 5.82 Å². The molecule has 0 fully saturated rings. The molecule has 0 aliphatic rings. The van der Waals surface area contributed by atoms with Crippen molar-refractivity contribution in [1.29, 1.82) is 0 Å². The quantitative estimate of drug-likeness (QED) is 0.715. The molecule has 0 saturated heterocycles. The van der Waals surface area contributed by atoms with Gasteiger partial charge in [-0.2, -0.15) is 9.36 Å². The molecule has 0 radical (unpaired) electrons. The predicted octanol–water partition coefficient (Wildman–Crippen LogP) is 4.90. The summed E-state index contributed by atoms with van der Waals surface area (Å²) in [4.78, 5) is 16.4. The minimum atomic E-state index is -0.431. The Labute approximate surface area is 145 Å². The Morgan fingerprint density at radius 2 is 1.87 bits per heavy atom. The number of benzene rings is 2. The van der Waals surface area contributed by atoms with Gasteiger partial charge in [-0.25, -0.2) is 4.39 Å². The fourth-order valence-electron chi connectivity index (χ4n) is 1.83. The van der Waals surface area contributed by atoms with E-state index in [1.165, 1.54) is 18.2 Å². The maximum atomic E-state index is 12.9. The third-order valence-electron chi connectivity index (χ3n) is 2.92. The molecule has 0 unspecified atom stereocenters. The van der Waals surface area contributed by atoms with E-state index in [2.05, 4.69) is 14.7 Å². The first kappa shape index (κ1) is 15.9. The van der Waals surface area contributed by atoms with Crippen LogP contribution >= 0.6 is 34.7 Å². The zero-order chi connectivity index (χ0) is 16.4. The van der Waals surface area contributed by atoms with Gasteiger partial charge < -0.3 is 0 Å². The van der Waals surface area contributed by atoms with Crippen molar-refractivity contribution >= 4 is 45.8 Å². The van der Waals surface area contributed by atoms with E-state index < -0.39 is 5.91 Å². The summed E-state index contributed by atoms with van der Waals surface area (Å²) in [6.07, 6.45) is 0. The Bertz CT molecular complexity index is 867. The van der Waals surface area contributed by atoms with Crippen LogP contribution in [-0.2, 0) is 0 Å². The van der Waals surface area contributed by atoms with Crippen LogP contribution in [0.5, 0.6) is 0 Å². The first-order valence-corrected chi connectivity index (χ1v) is 7.92. The van der Waals surface area contributed by atoms with Gasteiger partial charge in [-0.3, -0.25) is 10.1 Å². The smallest absolute Gasteiger partial charge is 0.259 e. The molecule has 0 bridgehead atoms. The Kier molecular flexibility index (Phi) is 4.56. The minimum Gasteiger partial charge on any atom is -0.297 e. The summed E-state index contributed by atoms with van der Waals surface area (Å²) in [7, 11) is 0. The van der Waals surface area contributed by atoms with Crippen LogP contribution < -0.4 is 5.32 Å². The van der Waals surface area contributed by atoms with Crippen LogP contribution in [0.2, 0.25) is 10.0 Å². The number of hydrogen-bond donors (Lipinski definition) is 1. The van der Waals surface area contributed by atoms with Gasteiger partial charge in [0.05, 0.1) is 10.6 Å². The van der Waals surface area contributed by atoms with E-state index in [0.29, 0.717) is 21.5 Å². The predicted molar refractivity (Wildman–Crippen MR) is 89.7 cm³/mol. The molecule has 0 spiro atoms. The largest absolute Gasteiger partial charge is 0.297 e. The van der Waals surface area contributed by atoms with Gasteiger partial charge in [0.2, 0.25) is 5.13 Å². The summed E-state index contributed by atoms with van der Waals surface area (Å²) in [5, 5.41) is 3.62. The number of aromatic nitrogens is 2. The molecule has 1 heterocycles. The van der Waals surface area contributed by atoms with Crippen LogP contribution in [0.4, 0.5) is 9.52 Å². The molecule has 23 heavy (non-hydrogen) atoms. The minimum absolute atomic E-state index is 0.248. The standard InChI is InChI=1S/C15H8Cl2FN3OS/c16-9-3-6-12(17)11(7-9)14(22)20-15-19-13(21-23-15)8-1-4-10(18)5-2-8/h1-7H,(H,19,20,21,22). The maximum absolute atomic E-state index is 12.9. The molecule has 8 heteroatoms. The van der Waals surface area contributed by atoms with Gasteiger partial charge in [0, 0.05) is 22.1 Å². The molecule has 4 nitrogen and oxygen atoms in total. The molecule has 1 aromatic heterocycles. The first-order chi connectivity index (χ1) is 11.0. The topological polar surface area (TPSA) is 54.9 Å². The fourth-order valence-corrected chi connectivity index (χ4v) is 2.79. The number of nitrogens with one attached hydrogen (secondary N) is 1. The summed E-state index contributed by atoms with van der Waals surface area (Å²) in [6.45, 7) is 0. The summed E-state index contributed by atoms with van der Waals surface area (Å²) in [5.74, 6) is -0.366. The average molecular weight is 368 g/mol. The third-order valence-corrected chi connectivity index (χ3v) is 4.12. The van der Waals surface area contributed by atoms with Gasteiger partial charge in [-0.15, -0.1) is 0 Å². The van der Waals surface area contributed by atoms with Gasteiger partial charge in [-0.1, -0.05) is 23.2 Å². The number of carbonyl (C=O) groups excluding carboxylic acids is 1. The first-order valence-electron chi connectivity index (χ1n) is 6.39. The lowest BCUT2D eigenvalue weighted by Gasteiger charge is -2.04. The lowest BCUT2D eigenvalue weighted by Crippen LogP contribution is -2.12. The number of hydrogen-bond acceptors (Lipinski definition) is 4. The molecule has 0 saturated carbocycles. The summed E-state index contributed by atoms with van der Waals surface area (Å²) in [6, 6.07) is 10.4. The highest BCUT2D eigenvalue weighted by molar-refractivity contribution is 7.10. The number of nitrogens with zero attached hydrogens (tertiary/aromatic N) is 2. The SMILES string of the molecule is O=C(Nc1nc(-c2ccc(F)cc2)ns1)c1cc(Cl)ccc1Cl. The van der Waals surface area contributed by atoms with Crippen LogP contribution in [0.1, 0.15) is 10.4 Å². The molecule has 1 amide bonds. The number of anilines is 1. The molecule has 2 aromatic carbocycles. The van der Waals surface area contributed by atoms with E-state index >= 15 is 0 Å². The Hall–Kier alpha value is -2.02. The fraction of sp³-hybridized carbons (Fsp3) is 0. The maximum Gasteiger partial charge on any atom is 0.259 e. The zero-order valence-corrected chi connectivity index (χ0v) is 13.7. The monoisotopic (exact) mass is 367 g/mol. The van der Waals surface area contributed by atoms with Crippen molar-refractivity contribution in [3.8, 4) is 11.4 Å².